The lowest BCUT2D eigenvalue weighted by Crippen LogP contribution is -2.33. The van der Waals surface area contributed by atoms with Gasteiger partial charge < -0.3 is 15.7 Å². The first-order chi connectivity index (χ1) is 12.9. The lowest BCUT2D eigenvalue weighted by atomic mass is 9.94. The second-order valence-corrected chi connectivity index (χ2v) is 6.80. The Morgan fingerprint density at radius 1 is 1.41 bits per heavy atom. The number of hydrogen-bond acceptors (Lipinski definition) is 4. The summed E-state index contributed by atoms with van der Waals surface area (Å²) in [6, 6.07) is 5.66. The zero-order valence-electron chi connectivity index (χ0n) is 15.1. The number of nitrogens with zero attached hydrogens (tertiary/aromatic N) is 2. The second-order valence-electron chi connectivity index (χ2n) is 6.80. The van der Waals surface area contributed by atoms with Crippen LogP contribution in [0, 0.1) is 11.7 Å². The number of halogens is 1. The maximum atomic E-state index is 13.3. The Kier molecular flexibility index (Phi) is 5.85. The average molecular weight is 374 g/mol. The van der Waals surface area contributed by atoms with Crippen LogP contribution in [0.3, 0.4) is 0 Å². The molecule has 0 saturated heterocycles. The van der Waals surface area contributed by atoms with E-state index < -0.39 is 11.9 Å². The van der Waals surface area contributed by atoms with Gasteiger partial charge in [0, 0.05) is 26.6 Å². The highest BCUT2D eigenvalue weighted by Gasteiger charge is 2.25. The fourth-order valence-corrected chi connectivity index (χ4v) is 3.27. The summed E-state index contributed by atoms with van der Waals surface area (Å²) in [7, 11) is 0. The summed E-state index contributed by atoms with van der Waals surface area (Å²) in [6.45, 7) is 2.72. The quantitative estimate of drug-likeness (QED) is 0.708. The Labute approximate surface area is 156 Å². The number of aliphatic hydroxyl groups excluding tert-OH is 1. The smallest absolute Gasteiger partial charge is 0.254 e. The van der Waals surface area contributed by atoms with Crippen LogP contribution in [0.2, 0.25) is 0 Å². The standard InChI is InChI=1S/C19H23FN4O3/c1-12(25)21-9-13-5-6-24-17(7-13)16(10-23-24)19(27)22-11-18(26)14-3-2-4-15(20)8-14/h2-4,8,10,13,18,26H,5-7,9,11H2,1H3,(H,21,25)(H,22,27)/t13-,18-/m0/s1. The summed E-state index contributed by atoms with van der Waals surface area (Å²) >= 11 is 0. The number of benzene rings is 1. The van der Waals surface area contributed by atoms with Crippen LogP contribution in [-0.2, 0) is 17.8 Å². The second kappa shape index (κ2) is 8.30. The summed E-state index contributed by atoms with van der Waals surface area (Å²) < 4.78 is 15.1. The van der Waals surface area contributed by atoms with Crippen LogP contribution >= 0.6 is 0 Å². The molecule has 0 aliphatic carbocycles. The normalized spacial score (nSPS) is 17.1. The van der Waals surface area contributed by atoms with E-state index in [2.05, 4.69) is 15.7 Å². The van der Waals surface area contributed by atoms with Crippen molar-refractivity contribution >= 4 is 11.8 Å². The minimum Gasteiger partial charge on any atom is -0.387 e. The van der Waals surface area contributed by atoms with Crippen molar-refractivity contribution in [1.29, 1.82) is 0 Å². The molecule has 2 heterocycles. The molecule has 7 nitrogen and oxygen atoms in total. The highest BCUT2D eigenvalue weighted by atomic mass is 19.1. The fourth-order valence-electron chi connectivity index (χ4n) is 3.27. The van der Waals surface area contributed by atoms with Crippen molar-refractivity contribution in [2.24, 2.45) is 5.92 Å². The van der Waals surface area contributed by atoms with Gasteiger partial charge in [0.15, 0.2) is 0 Å². The van der Waals surface area contributed by atoms with Gasteiger partial charge in [0.25, 0.3) is 5.91 Å². The molecule has 1 aromatic carbocycles. The van der Waals surface area contributed by atoms with E-state index in [0.717, 1.165) is 12.1 Å². The van der Waals surface area contributed by atoms with Gasteiger partial charge in [-0.15, -0.1) is 0 Å². The van der Waals surface area contributed by atoms with Gasteiger partial charge in [-0.25, -0.2) is 4.39 Å². The van der Waals surface area contributed by atoms with E-state index in [4.69, 9.17) is 0 Å². The largest absolute Gasteiger partial charge is 0.387 e. The predicted octanol–water partition coefficient (Wildman–Crippen LogP) is 1.18. The van der Waals surface area contributed by atoms with Crippen LogP contribution in [0.5, 0.6) is 0 Å². The van der Waals surface area contributed by atoms with Gasteiger partial charge in [-0.2, -0.15) is 5.10 Å². The molecule has 0 fully saturated rings. The van der Waals surface area contributed by atoms with Crippen molar-refractivity contribution in [2.45, 2.75) is 32.4 Å². The van der Waals surface area contributed by atoms with Crippen LogP contribution < -0.4 is 10.6 Å². The number of carbonyl (C=O) groups excluding carboxylic acids is 2. The van der Waals surface area contributed by atoms with Crippen LogP contribution in [-0.4, -0.2) is 39.8 Å². The SMILES string of the molecule is CC(=O)NC[C@H]1CCn2ncc(C(=O)NC[C@H](O)c3cccc(F)c3)c2C1. The molecule has 1 aliphatic rings. The number of aryl methyl sites for hydroxylation is 1. The van der Waals surface area contributed by atoms with E-state index in [9.17, 15) is 19.1 Å². The van der Waals surface area contributed by atoms with Crippen molar-refractivity contribution in [3.63, 3.8) is 0 Å². The number of amides is 2. The van der Waals surface area contributed by atoms with Gasteiger partial charge in [-0.1, -0.05) is 12.1 Å². The molecule has 2 aromatic rings. The molecule has 0 saturated carbocycles. The lowest BCUT2D eigenvalue weighted by Gasteiger charge is -2.24. The average Bonchev–Trinajstić information content (AvgIpc) is 3.07. The van der Waals surface area contributed by atoms with E-state index in [0.29, 0.717) is 30.6 Å². The Morgan fingerprint density at radius 3 is 2.96 bits per heavy atom. The van der Waals surface area contributed by atoms with Gasteiger partial charge in [-0.3, -0.25) is 14.3 Å². The third-order valence-corrected chi connectivity index (χ3v) is 4.75. The van der Waals surface area contributed by atoms with Crippen molar-refractivity contribution in [1.82, 2.24) is 20.4 Å². The molecule has 1 aliphatic heterocycles. The minimum atomic E-state index is -0.997. The Balaban J connectivity index is 1.61. The predicted molar refractivity (Wildman–Crippen MR) is 96.4 cm³/mol. The van der Waals surface area contributed by atoms with E-state index >= 15 is 0 Å². The van der Waals surface area contributed by atoms with Gasteiger partial charge >= 0.3 is 0 Å². The molecule has 8 heteroatoms. The Hall–Kier alpha value is -2.74. The fraction of sp³-hybridized carbons (Fsp3) is 0.421. The van der Waals surface area contributed by atoms with E-state index in [1.54, 1.807) is 6.07 Å². The van der Waals surface area contributed by atoms with Crippen LogP contribution in [0.1, 0.15) is 41.1 Å². The van der Waals surface area contributed by atoms with Crippen LogP contribution in [0.4, 0.5) is 4.39 Å². The van der Waals surface area contributed by atoms with Crippen LogP contribution in [0.15, 0.2) is 30.5 Å². The first-order valence-electron chi connectivity index (χ1n) is 8.95. The molecule has 2 amide bonds. The highest BCUT2D eigenvalue weighted by molar-refractivity contribution is 5.95. The van der Waals surface area contributed by atoms with E-state index in [1.807, 2.05) is 4.68 Å². The van der Waals surface area contributed by atoms with E-state index in [1.165, 1.54) is 31.3 Å². The molecule has 0 unspecified atom stereocenters. The zero-order valence-corrected chi connectivity index (χ0v) is 15.1. The molecule has 2 atom stereocenters. The van der Waals surface area contributed by atoms with Gasteiger partial charge in [0.1, 0.15) is 5.82 Å². The number of fused-ring (bicyclic) bond motifs is 1. The number of carbonyl (C=O) groups is 2. The first-order valence-corrected chi connectivity index (χ1v) is 8.95. The summed E-state index contributed by atoms with van der Waals surface area (Å²) in [5.41, 5.74) is 1.70. The molecule has 1 aromatic heterocycles. The Morgan fingerprint density at radius 2 is 2.22 bits per heavy atom. The highest BCUT2D eigenvalue weighted by Crippen LogP contribution is 2.23. The monoisotopic (exact) mass is 374 g/mol. The summed E-state index contributed by atoms with van der Waals surface area (Å²) in [4.78, 5) is 23.6. The zero-order chi connectivity index (χ0) is 19.4. The number of aromatic nitrogens is 2. The molecule has 144 valence electrons. The molecular formula is C19H23FN4O3. The maximum absolute atomic E-state index is 13.3. The topological polar surface area (TPSA) is 96.2 Å². The number of aliphatic hydroxyl groups is 1. The first kappa shape index (κ1) is 19.0. The molecular weight excluding hydrogens is 351 g/mol. The number of hydrogen-bond donors (Lipinski definition) is 3. The molecule has 3 N–H and O–H groups in total. The lowest BCUT2D eigenvalue weighted by molar-refractivity contribution is -0.119. The van der Waals surface area contributed by atoms with Crippen molar-refractivity contribution in [3.05, 3.63) is 53.1 Å². The van der Waals surface area contributed by atoms with Crippen molar-refractivity contribution in [2.75, 3.05) is 13.1 Å². The van der Waals surface area contributed by atoms with Crippen molar-refractivity contribution in [3.8, 4) is 0 Å². The minimum absolute atomic E-state index is 0.0256. The Bertz CT molecular complexity index is 836. The third kappa shape index (κ3) is 4.71. The maximum Gasteiger partial charge on any atom is 0.254 e. The third-order valence-electron chi connectivity index (χ3n) is 4.75. The summed E-state index contributed by atoms with van der Waals surface area (Å²) in [5, 5.41) is 19.9. The number of nitrogens with one attached hydrogen (secondary N) is 2. The van der Waals surface area contributed by atoms with Crippen molar-refractivity contribution < 1.29 is 19.1 Å². The van der Waals surface area contributed by atoms with E-state index in [-0.39, 0.29) is 24.3 Å². The molecule has 27 heavy (non-hydrogen) atoms. The molecule has 0 spiro atoms. The molecule has 3 rings (SSSR count). The van der Waals surface area contributed by atoms with Gasteiger partial charge in [-0.05, 0) is 36.5 Å². The summed E-state index contributed by atoms with van der Waals surface area (Å²) in [5.74, 6) is -0.582. The molecule has 0 radical (unpaired) electrons. The van der Waals surface area contributed by atoms with Gasteiger partial charge in [0.2, 0.25) is 5.91 Å². The van der Waals surface area contributed by atoms with Gasteiger partial charge in [0.05, 0.1) is 23.6 Å². The number of rotatable bonds is 6. The van der Waals surface area contributed by atoms with Crippen LogP contribution in [0.25, 0.3) is 0 Å². The molecule has 0 bridgehead atoms. The summed E-state index contributed by atoms with van der Waals surface area (Å²) in [6.07, 6.45) is 2.06.